The number of hydrogen-bond acceptors (Lipinski definition) is 1. The Morgan fingerprint density at radius 2 is 1.03 bits per heavy atom. The molecule has 0 bridgehead atoms. The number of rotatable bonds is 2. The summed E-state index contributed by atoms with van der Waals surface area (Å²) in [4.78, 5) is 4.75. The fourth-order valence-electron chi connectivity index (χ4n) is 4.49. The van der Waals surface area contributed by atoms with Gasteiger partial charge in [0.25, 0.3) is 0 Å². The molecule has 1 aliphatic carbocycles. The van der Waals surface area contributed by atoms with E-state index in [1.807, 2.05) is 36.4 Å². The molecule has 5 aromatic rings. The van der Waals surface area contributed by atoms with Gasteiger partial charge in [-0.2, -0.15) is 0 Å². The van der Waals surface area contributed by atoms with Crippen molar-refractivity contribution >= 4 is 10.9 Å². The standard InChI is InChI=1S/C27H12F5N/c28-23-21(24(29)26(31)27(32)25(23)30)14-10-8-13(9-11-14)20-12-18-16-5-2-1-4-15(16)17-6-3-7-19(33-20)22(17)18/h1-12H. The maximum absolute atomic E-state index is 14.2. The zero-order valence-electron chi connectivity index (χ0n) is 16.8. The van der Waals surface area contributed by atoms with Gasteiger partial charge in [0.05, 0.1) is 16.8 Å². The summed E-state index contributed by atoms with van der Waals surface area (Å²) in [6.07, 6.45) is 0. The molecule has 4 aromatic carbocycles. The Bertz CT molecular complexity index is 1580. The molecular weight excluding hydrogens is 433 g/mol. The molecule has 0 saturated heterocycles. The van der Waals surface area contributed by atoms with Crippen molar-refractivity contribution in [2.75, 3.05) is 0 Å². The fraction of sp³-hybridized carbons (Fsp3) is 0. The van der Waals surface area contributed by atoms with E-state index in [4.69, 9.17) is 4.98 Å². The van der Waals surface area contributed by atoms with E-state index in [1.54, 1.807) is 12.1 Å². The predicted molar refractivity (Wildman–Crippen MR) is 117 cm³/mol. The lowest BCUT2D eigenvalue weighted by Crippen LogP contribution is -2.04. The second-order valence-corrected chi connectivity index (χ2v) is 7.82. The minimum absolute atomic E-state index is 0.121. The zero-order valence-corrected chi connectivity index (χ0v) is 16.8. The van der Waals surface area contributed by atoms with Crippen LogP contribution in [-0.2, 0) is 0 Å². The number of fused-ring (bicyclic) bond motifs is 3. The molecule has 0 saturated carbocycles. The Morgan fingerprint density at radius 1 is 0.485 bits per heavy atom. The summed E-state index contributed by atoms with van der Waals surface area (Å²) in [6.45, 7) is 0. The van der Waals surface area contributed by atoms with Gasteiger partial charge in [-0.05, 0) is 39.9 Å². The molecule has 33 heavy (non-hydrogen) atoms. The van der Waals surface area contributed by atoms with E-state index < -0.39 is 34.6 Å². The molecule has 0 unspecified atom stereocenters. The molecule has 1 aliphatic rings. The minimum Gasteiger partial charge on any atom is -0.248 e. The third-order valence-electron chi connectivity index (χ3n) is 6.02. The Balaban J connectivity index is 1.49. The van der Waals surface area contributed by atoms with Gasteiger partial charge in [-0.3, -0.25) is 0 Å². The van der Waals surface area contributed by atoms with Crippen LogP contribution >= 0.6 is 0 Å². The smallest absolute Gasteiger partial charge is 0.200 e. The zero-order chi connectivity index (χ0) is 22.9. The normalized spacial score (nSPS) is 11.8. The van der Waals surface area contributed by atoms with E-state index in [0.29, 0.717) is 11.3 Å². The van der Waals surface area contributed by atoms with Crippen molar-refractivity contribution < 1.29 is 22.0 Å². The van der Waals surface area contributed by atoms with Crippen molar-refractivity contribution in [3.63, 3.8) is 0 Å². The van der Waals surface area contributed by atoms with Crippen molar-refractivity contribution in [2.24, 2.45) is 0 Å². The van der Waals surface area contributed by atoms with Crippen molar-refractivity contribution in [1.82, 2.24) is 4.98 Å². The first kappa shape index (κ1) is 19.6. The molecule has 160 valence electrons. The first-order chi connectivity index (χ1) is 16.0. The summed E-state index contributed by atoms with van der Waals surface area (Å²) < 4.78 is 69.0. The highest BCUT2D eigenvalue weighted by atomic mass is 19.2. The molecule has 0 fully saturated rings. The van der Waals surface area contributed by atoms with E-state index in [9.17, 15) is 22.0 Å². The maximum atomic E-state index is 14.2. The maximum Gasteiger partial charge on any atom is 0.200 e. The van der Waals surface area contributed by atoms with Gasteiger partial charge in [-0.25, -0.2) is 26.9 Å². The molecule has 0 amide bonds. The van der Waals surface area contributed by atoms with Gasteiger partial charge < -0.3 is 0 Å². The molecule has 6 heteroatoms. The summed E-state index contributed by atoms with van der Waals surface area (Å²) in [6, 6.07) is 21.7. The topological polar surface area (TPSA) is 12.9 Å². The number of halogens is 5. The van der Waals surface area contributed by atoms with Crippen molar-refractivity contribution in [3.05, 3.63) is 102 Å². The van der Waals surface area contributed by atoms with Gasteiger partial charge in [0, 0.05) is 10.9 Å². The third-order valence-corrected chi connectivity index (χ3v) is 6.02. The summed E-state index contributed by atoms with van der Waals surface area (Å²) in [5.41, 5.74) is 5.37. The average Bonchev–Trinajstić information content (AvgIpc) is 3.17. The second-order valence-electron chi connectivity index (χ2n) is 7.82. The van der Waals surface area contributed by atoms with Gasteiger partial charge in [-0.15, -0.1) is 0 Å². The van der Waals surface area contributed by atoms with Gasteiger partial charge in [0.2, 0.25) is 5.82 Å². The van der Waals surface area contributed by atoms with Crippen LogP contribution < -0.4 is 0 Å². The Hall–Kier alpha value is -4.06. The molecule has 1 aromatic heterocycles. The number of nitrogens with zero attached hydrogens (tertiary/aromatic N) is 1. The number of aromatic nitrogens is 1. The van der Waals surface area contributed by atoms with Crippen LogP contribution in [0.25, 0.3) is 55.5 Å². The molecule has 0 spiro atoms. The largest absolute Gasteiger partial charge is 0.248 e. The molecule has 0 radical (unpaired) electrons. The van der Waals surface area contributed by atoms with E-state index in [1.165, 1.54) is 12.1 Å². The summed E-state index contributed by atoms with van der Waals surface area (Å²) in [5.74, 6) is -9.84. The van der Waals surface area contributed by atoms with Gasteiger partial charge >= 0.3 is 0 Å². The molecule has 6 rings (SSSR count). The highest BCUT2D eigenvalue weighted by molar-refractivity contribution is 6.14. The number of hydrogen-bond donors (Lipinski definition) is 0. The quantitative estimate of drug-likeness (QED) is 0.150. The van der Waals surface area contributed by atoms with Crippen LogP contribution in [0.3, 0.4) is 0 Å². The lowest BCUT2D eigenvalue weighted by Gasteiger charge is -2.10. The fourth-order valence-corrected chi connectivity index (χ4v) is 4.49. The lowest BCUT2D eigenvalue weighted by molar-refractivity contribution is 0.381. The second kappa shape index (κ2) is 6.97. The van der Waals surface area contributed by atoms with Crippen LogP contribution in [-0.4, -0.2) is 4.98 Å². The van der Waals surface area contributed by atoms with Crippen LogP contribution in [0.1, 0.15) is 0 Å². The van der Waals surface area contributed by atoms with Crippen LogP contribution in [0.4, 0.5) is 22.0 Å². The molecule has 0 atom stereocenters. The Morgan fingerprint density at radius 3 is 1.70 bits per heavy atom. The minimum atomic E-state index is -2.18. The molecule has 1 nitrogen and oxygen atoms in total. The van der Waals surface area contributed by atoms with Crippen LogP contribution in [0.15, 0.2) is 72.8 Å². The summed E-state index contributed by atoms with van der Waals surface area (Å²) >= 11 is 0. The highest BCUT2D eigenvalue weighted by Crippen LogP contribution is 2.47. The third kappa shape index (κ3) is 2.73. The molecule has 0 aliphatic heterocycles. The van der Waals surface area contributed by atoms with Crippen molar-refractivity contribution in [1.29, 1.82) is 0 Å². The Kier molecular flexibility index (Phi) is 4.14. The van der Waals surface area contributed by atoms with E-state index in [0.717, 1.165) is 33.2 Å². The van der Waals surface area contributed by atoms with E-state index >= 15 is 0 Å². The Labute approximate surface area is 184 Å². The monoisotopic (exact) mass is 445 g/mol. The van der Waals surface area contributed by atoms with Gasteiger partial charge in [-0.1, -0.05) is 60.7 Å². The lowest BCUT2D eigenvalue weighted by atomic mass is 9.99. The number of pyridine rings is 1. The summed E-state index contributed by atoms with van der Waals surface area (Å²) in [7, 11) is 0. The first-order valence-electron chi connectivity index (χ1n) is 10.1. The van der Waals surface area contributed by atoms with Crippen molar-refractivity contribution in [3.8, 4) is 44.6 Å². The van der Waals surface area contributed by atoms with Crippen LogP contribution in [0.2, 0.25) is 0 Å². The molecule has 0 N–H and O–H groups in total. The van der Waals surface area contributed by atoms with E-state index in [-0.39, 0.29) is 5.56 Å². The predicted octanol–water partition coefficient (Wildman–Crippen LogP) is 7.91. The van der Waals surface area contributed by atoms with Crippen LogP contribution in [0, 0.1) is 29.1 Å². The van der Waals surface area contributed by atoms with Crippen molar-refractivity contribution in [2.45, 2.75) is 0 Å². The van der Waals surface area contributed by atoms with Gasteiger partial charge in [0.1, 0.15) is 0 Å². The van der Waals surface area contributed by atoms with Crippen LogP contribution in [0.5, 0.6) is 0 Å². The molecule has 1 heterocycles. The van der Waals surface area contributed by atoms with E-state index in [2.05, 4.69) is 12.1 Å². The van der Waals surface area contributed by atoms with Gasteiger partial charge in [0.15, 0.2) is 23.3 Å². The first-order valence-corrected chi connectivity index (χ1v) is 10.1. The average molecular weight is 445 g/mol. The number of benzene rings is 4. The SMILES string of the molecule is Fc1c(F)c(F)c(-c2ccc(-c3cc4c5c(cccc5n3)-c3ccccc3-4)cc2)c(F)c1F. The highest BCUT2D eigenvalue weighted by Gasteiger charge is 2.27. The molecular formula is C27H12F5N. The summed E-state index contributed by atoms with van der Waals surface area (Å²) in [5, 5.41) is 1.06.